The summed E-state index contributed by atoms with van der Waals surface area (Å²) in [5.41, 5.74) is 5.57. The van der Waals surface area contributed by atoms with Crippen LogP contribution < -0.4 is 5.73 Å². The van der Waals surface area contributed by atoms with Crippen LogP contribution in [0.1, 0.15) is 19.3 Å². The molecule has 2 unspecified atom stereocenters. The molecule has 1 aliphatic rings. The van der Waals surface area contributed by atoms with E-state index in [4.69, 9.17) is 15.6 Å². The highest BCUT2D eigenvalue weighted by Crippen LogP contribution is 2.20. The van der Waals surface area contributed by atoms with Gasteiger partial charge in [-0.1, -0.05) is 0 Å². The molecule has 1 fully saturated rings. The predicted octanol–water partition coefficient (Wildman–Crippen LogP) is -0.0326. The second kappa shape index (κ2) is 3.69. The maximum absolute atomic E-state index is 10.1. The Morgan fingerprint density at radius 3 is 2.73 bits per heavy atom. The summed E-state index contributed by atoms with van der Waals surface area (Å²) in [6, 6.07) is 0.129. The topological polar surface area (TPSA) is 72.5 Å². The summed E-state index contributed by atoms with van der Waals surface area (Å²) in [6.45, 7) is 0.285. The van der Waals surface area contributed by atoms with Crippen molar-refractivity contribution in [3.8, 4) is 0 Å². The Kier molecular flexibility index (Phi) is 2.84. The van der Waals surface area contributed by atoms with Crippen LogP contribution in [0.3, 0.4) is 0 Å². The van der Waals surface area contributed by atoms with Crippen LogP contribution >= 0.6 is 0 Å². The Morgan fingerprint density at radius 2 is 2.36 bits per heavy atom. The molecule has 1 aliphatic carbocycles. The van der Waals surface area contributed by atoms with E-state index in [2.05, 4.69) is 0 Å². The zero-order valence-electron chi connectivity index (χ0n) is 6.32. The van der Waals surface area contributed by atoms with Crippen LogP contribution in [0.2, 0.25) is 0 Å². The molecule has 1 rings (SSSR count). The molecule has 4 nitrogen and oxygen atoms in total. The number of rotatable bonds is 4. The van der Waals surface area contributed by atoms with Crippen LogP contribution in [-0.2, 0) is 9.53 Å². The molecule has 0 amide bonds. The highest BCUT2D eigenvalue weighted by Gasteiger charge is 2.27. The van der Waals surface area contributed by atoms with Gasteiger partial charge in [0.25, 0.3) is 0 Å². The minimum Gasteiger partial charge on any atom is -0.481 e. The quantitative estimate of drug-likeness (QED) is 0.604. The van der Waals surface area contributed by atoms with E-state index in [9.17, 15) is 4.79 Å². The summed E-state index contributed by atoms with van der Waals surface area (Å²) in [5.74, 6) is -0.821. The molecule has 0 aromatic carbocycles. The monoisotopic (exact) mass is 159 g/mol. The smallest absolute Gasteiger partial charge is 0.305 e. The average Bonchev–Trinajstić information content (AvgIpc) is 1.94. The highest BCUT2D eigenvalue weighted by molar-refractivity contribution is 5.66. The van der Waals surface area contributed by atoms with Crippen LogP contribution in [0.4, 0.5) is 0 Å². The Bertz CT molecular complexity index is 149. The average molecular weight is 159 g/mol. The fraction of sp³-hybridized carbons (Fsp3) is 0.857. The van der Waals surface area contributed by atoms with Gasteiger partial charge in [-0.05, 0) is 12.8 Å². The Morgan fingerprint density at radius 1 is 1.64 bits per heavy atom. The van der Waals surface area contributed by atoms with Crippen LogP contribution in [-0.4, -0.2) is 29.8 Å². The molecule has 0 bridgehead atoms. The van der Waals surface area contributed by atoms with Gasteiger partial charge in [0.1, 0.15) is 0 Å². The Hall–Kier alpha value is -0.610. The number of carbonyl (C=O) groups is 1. The van der Waals surface area contributed by atoms with Gasteiger partial charge in [-0.3, -0.25) is 4.79 Å². The van der Waals surface area contributed by atoms with E-state index >= 15 is 0 Å². The standard InChI is InChI=1S/C7H13NO3/c8-5-1-2-6(5)11-4-3-7(9)10/h5-6H,1-4,8H2,(H,9,10). The first-order chi connectivity index (χ1) is 5.20. The fourth-order valence-corrected chi connectivity index (χ4v) is 1.000. The van der Waals surface area contributed by atoms with Crippen molar-refractivity contribution >= 4 is 5.97 Å². The first-order valence-electron chi connectivity index (χ1n) is 3.79. The number of carboxylic acids is 1. The molecule has 11 heavy (non-hydrogen) atoms. The normalized spacial score (nSPS) is 29.5. The largest absolute Gasteiger partial charge is 0.481 e. The van der Waals surface area contributed by atoms with Crippen molar-refractivity contribution < 1.29 is 14.6 Å². The summed E-state index contributed by atoms with van der Waals surface area (Å²) >= 11 is 0. The minimum absolute atomic E-state index is 0.0726. The molecule has 0 aliphatic heterocycles. The molecular weight excluding hydrogens is 146 g/mol. The number of hydrogen-bond donors (Lipinski definition) is 2. The lowest BCUT2D eigenvalue weighted by Gasteiger charge is -2.33. The van der Waals surface area contributed by atoms with Gasteiger partial charge >= 0.3 is 5.97 Å². The maximum atomic E-state index is 10.1. The predicted molar refractivity (Wildman–Crippen MR) is 39.2 cm³/mol. The van der Waals surface area contributed by atoms with E-state index in [-0.39, 0.29) is 25.2 Å². The lowest BCUT2D eigenvalue weighted by atomic mass is 9.90. The van der Waals surface area contributed by atoms with Gasteiger partial charge in [0, 0.05) is 6.04 Å². The third-order valence-corrected chi connectivity index (χ3v) is 1.91. The van der Waals surface area contributed by atoms with Gasteiger partial charge in [-0.15, -0.1) is 0 Å². The number of aliphatic carboxylic acids is 1. The first kappa shape index (κ1) is 8.49. The molecule has 4 heteroatoms. The van der Waals surface area contributed by atoms with Crippen molar-refractivity contribution in [3.05, 3.63) is 0 Å². The van der Waals surface area contributed by atoms with Gasteiger partial charge in [0.2, 0.25) is 0 Å². The third-order valence-electron chi connectivity index (χ3n) is 1.91. The summed E-state index contributed by atoms with van der Waals surface area (Å²) in [4.78, 5) is 10.1. The zero-order chi connectivity index (χ0) is 8.27. The summed E-state index contributed by atoms with van der Waals surface area (Å²) in [5, 5.41) is 8.27. The van der Waals surface area contributed by atoms with E-state index < -0.39 is 5.97 Å². The lowest BCUT2D eigenvalue weighted by Crippen LogP contribution is -2.45. The van der Waals surface area contributed by atoms with Gasteiger partial charge in [-0.2, -0.15) is 0 Å². The molecule has 64 valence electrons. The third kappa shape index (κ3) is 2.48. The second-order valence-corrected chi connectivity index (χ2v) is 2.79. The van der Waals surface area contributed by atoms with Gasteiger partial charge < -0.3 is 15.6 Å². The first-order valence-corrected chi connectivity index (χ1v) is 3.79. The number of hydrogen-bond acceptors (Lipinski definition) is 3. The van der Waals surface area contributed by atoms with Crippen molar-refractivity contribution in [2.75, 3.05) is 6.61 Å². The van der Waals surface area contributed by atoms with Gasteiger partial charge in [-0.25, -0.2) is 0 Å². The number of carboxylic acid groups (broad SMARTS) is 1. The maximum Gasteiger partial charge on any atom is 0.305 e. The van der Waals surface area contributed by atoms with Crippen molar-refractivity contribution in [2.24, 2.45) is 5.73 Å². The molecule has 1 saturated carbocycles. The molecule has 2 atom stereocenters. The van der Waals surface area contributed by atoms with E-state index in [0.29, 0.717) is 0 Å². The highest BCUT2D eigenvalue weighted by atomic mass is 16.5. The molecule has 0 heterocycles. The van der Waals surface area contributed by atoms with Crippen molar-refractivity contribution in [3.63, 3.8) is 0 Å². The molecular formula is C7H13NO3. The van der Waals surface area contributed by atoms with Crippen molar-refractivity contribution in [1.29, 1.82) is 0 Å². The van der Waals surface area contributed by atoms with Crippen LogP contribution in [0.15, 0.2) is 0 Å². The number of nitrogens with two attached hydrogens (primary N) is 1. The molecule has 0 radical (unpaired) electrons. The van der Waals surface area contributed by atoms with E-state index in [1.807, 2.05) is 0 Å². The molecule has 0 spiro atoms. The zero-order valence-corrected chi connectivity index (χ0v) is 6.32. The van der Waals surface area contributed by atoms with E-state index in [1.54, 1.807) is 0 Å². The van der Waals surface area contributed by atoms with Crippen molar-refractivity contribution in [1.82, 2.24) is 0 Å². The second-order valence-electron chi connectivity index (χ2n) is 2.79. The van der Waals surface area contributed by atoms with Gasteiger partial charge in [0.15, 0.2) is 0 Å². The molecule has 0 saturated heterocycles. The lowest BCUT2D eigenvalue weighted by molar-refractivity contribution is -0.139. The molecule has 0 aromatic heterocycles. The van der Waals surface area contributed by atoms with Crippen molar-refractivity contribution in [2.45, 2.75) is 31.4 Å². The Labute approximate surface area is 65.3 Å². The molecule has 3 N–H and O–H groups in total. The SMILES string of the molecule is NC1CCC1OCCC(=O)O. The summed E-state index contributed by atoms with van der Waals surface area (Å²) in [6.07, 6.45) is 2.15. The Balaban J connectivity index is 1.99. The fourth-order valence-electron chi connectivity index (χ4n) is 1.000. The summed E-state index contributed by atoms with van der Waals surface area (Å²) < 4.78 is 5.20. The van der Waals surface area contributed by atoms with Crippen LogP contribution in [0.25, 0.3) is 0 Å². The van der Waals surface area contributed by atoms with Gasteiger partial charge in [0.05, 0.1) is 19.1 Å². The van der Waals surface area contributed by atoms with E-state index in [1.165, 1.54) is 0 Å². The van der Waals surface area contributed by atoms with Crippen LogP contribution in [0, 0.1) is 0 Å². The molecule has 0 aromatic rings. The number of ether oxygens (including phenoxy) is 1. The minimum atomic E-state index is -0.821. The van der Waals surface area contributed by atoms with Crippen LogP contribution in [0.5, 0.6) is 0 Å². The summed E-state index contributed by atoms with van der Waals surface area (Å²) in [7, 11) is 0. The van der Waals surface area contributed by atoms with E-state index in [0.717, 1.165) is 12.8 Å².